The van der Waals surface area contributed by atoms with Gasteiger partial charge in [-0.1, -0.05) is 78.4 Å². The number of nitrogens with zero attached hydrogens (tertiary/aromatic N) is 1. The van der Waals surface area contributed by atoms with Gasteiger partial charge in [0.1, 0.15) is 0 Å². The largest absolute Gasteiger partial charge is 0.391 e. The SMILES string of the molecule is CC(=O)N[C@H](c1ccccc1)C1CN(S(=O)(=O)c2ccc(C)cc2)C[C@H](O)[C@H]1c1ccccc1. The predicted octanol–water partition coefficient (Wildman–Crippen LogP) is 3.64. The van der Waals surface area contributed by atoms with Crippen LogP contribution in [0.15, 0.2) is 89.8 Å². The number of aliphatic hydroxyl groups is 1. The van der Waals surface area contributed by atoms with Gasteiger partial charge in [0, 0.05) is 31.8 Å². The predicted molar refractivity (Wildman–Crippen MR) is 132 cm³/mol. The van der Waals surface area contributed by atoms with E-state index < -0.39 is 28.1 Å². The molecule has 0 aromatic heterocycles. The summed E-state index contributed by atoms with van der Waals surface area (Å²) in [4.78, 5) is 12.4. The van der Waals surface area contributed by atoms with Crippen LogP contribution in [0.3, 0.4) is 0 Å². The van der Waals surface area contributed by atoms with Gasteiger partial charge in [-0.15, -0.1) is 0 Å². The van der Waals surface area contributed by atoms with E-state index in [0.717, 1.165) is 16.7 Å². The number of carbonyl (C=O) groups is 1. The van der Waals surface area contributed by atoms with Crippen LogP contribution in [0, 0.1) is 12.8 Å². The van der Waals surface area contributed by atoms with E-state index >= 15 is 0 Å². The molecule has 4 rings (SSSR count). The molecule has 1 heterocycles. The Labute approximate surface area is 201 Å². The number of nitrogens with one attached hydrogen (secondary N) is 1. The minimum absolute atomic E-state index is 0.0200. The maximum Gasteiger partial charge on any atom is 0.243 e. The van der Waals surface area contributed by atoms with Gasteiger partial charge in [0.25, 0.3) is 0 Å². The summed E-state index contributed by atoms with van der Waals surface area (Å²) >= 11 is 0. The van der Waals surface area contributed by atoms with Crippen LogP contribution in [-0.4, -0.2) is 42.9 Å². The molecule has 4 atom stereocenters. The highest BCUT2D eigenvalue weighted by Crippen LogP contribution is 2.42. The summed E-state index contributed by atoms with van der Waals surface area (Å²) in [7, 11) is -3.83. The lowest BCUT2D eigenvalue weighted by Gasteiger charge is -2.44. The van der Waals surface area contributed by atoms with Gasteiger partial charge in [-0.2, -0.15) is 4.31 Å². The zero-order chi connectivity index (χ0) is 24.3. The molecule has 7 heteroatoms. The quantitative estimate of drug-likeness (QED) is 0.566. The molecule has 34 heavy (non-hydrogen) atoms. The summed E-state index contributed by atoms with van der Waals surface area (Å²) in [6.07, 6.45) is -0.943. The maximum absolute atomic E-state index is 13.5. The third-order valence-corrected chi connectivity index (χ3v) is 8.32. The molecule has 0 saturated carbocycles. The lowest BCUT2D eigenvalue weighted by molar-refractivity contribution is -0.120. The van der Waals surface area contributed by atoms with Crippen molar-refractivity contribution >= 4 is 15.9 Å². The fourth-order valence-corrected chi connectivity index (χ4v) is 6.36. The van der Waals surface area contributed by atoms with Crippen LogP contribution in [0.2, 0.25) is 0 Å². The topological polar surface area (TPSA) is 86.7 Å². The fourth-order valence-electron chi connectivity index (χ4n) is 4.86. The molecule has 0 spiro atoms. The zero-order valence-corrected chi connectivity index (χ0v) is 20.2. The summed E-state index contributed by atoms with van der Waals surface area (Å²) in [6.45, 7) is 3.49. The molecular formula is C27H30N2O4S. The van der Waals surface area contributed by atoms with Crippen LogP contribution in [0.1, 0.15) is 35.6 Å². The molecule has 1 fully saturated rings. The first-order valence-corrected chi connectivity index (χ1v) is 12.8. The number of aliphatic hydroxyl groups excluding tert-OH is 1. The van der Waals surface area contributed by atoms with Crippen LogP contribution in [0.4, 0.5) is 0 Å². The number of rotatable bonds is 6. The van der Waals surface area contributed by atoms with Crippen molar-refractivity contribution in [2.45, 2.75) is 36.8 Å². The van der Waals surface area contributed by atoms with Crippen molar-refractivity contribution in [3.63, 3.8) is 0 Å². The van der Waals surface area contributed by atoms with Crippen LogP contribution >= 0.6 is 0 Å². The third kappa shape index (κ3) is 5.06. The van der Waals surface area contributed by atoms with Gasteiger partial charge in [0.15, 0.2) is 0 Å². The molecular weight excluding hydrogens is 448 g/mol. The van der Waals surface area contributed by atoms with Crippen molar-refractivity contribution in [3.8, 4) is 0 Å². The molecule has 1 amide bonds. The van der Waals surface area contributed by atoms with E-state index in [-0.39, 0.29) is 29.8 Å². The van der Waals surface area contributed by atoms with Gasteiger partial charge in [-0.3, -0.25) is 4.79 Å². The van der Waals surface area contributed by atoms with Gasteiger partial charge in [-0.05, 0) is 30.2 Å². The first-order chi connectivity index (χ1) is 16.3. The standard InChI is InChI=1S/C27H30N2O4S/c1-19-13-15-23(16-14-19)34(32,33)29-17-24(26(25(31)18-29)21-9-5-3-6-10-21)27(28-20(2)30)22-11-7-4-8-12-22/h3-16,24-27,31H,17-18H2,1-2H3,(H,28,30)/t24?,25-,26-,27+/m0/s1. The molecule has 1 aliphatic rings. The van der Waals surface area contributed by atoms with Crippen LogP contribution in [0.5, 0.6) is 0 Å². The number of hydrogen-bond donors (Lipinski definition) is 2. The smallest absolute Gasteiger partial charge is 0.243 e. The molecule has 0 bridgehead atoms. The summed E-state index contributed by atoms with van der Waals surface area (Å²) in [5, 5.41) is 14.4. The highest BCUT2D eigenvalue weighted by molar-refractivity contribution is 7.89. The molecule has 1 saturated heterocycles. The highest BCUT2D eigenvalue weighted by atomic mass is 32.2. The van der Waals surface area contributed by atoms with Crippen molar-refractivity contribution in [1.82, 2.24) is 9.62 Å². The second kappa shape index (κ2) is 10.1. The molecule has 6 nitrogen and oxygen atoms in total. The number of β-amino-alcohol motifs (C(OH)–C–C–N with tert-alkyl or cyclic N) is 1. The molecule has 3 aromatic rings. The Morgan fingerprint density at radius 3 is 2.12 bits per heavy atom. The van der Waals surface area contributed by atoms with Gasteiger partial charge in [0.05, 0.1) is 17.0 Å². The number of carbonyl (C=O) groups excluding carboxylic acids is 1. The minimum Gasteiger partial charge on any atom is -0.391 e. The summed E-state index contributed by atoms with van der Waals surface area (Å²) in [5.41, 5.74) is 2.75. The Kier molecular flexibility index (Phi) is 7.16. The Hall–Kier alpha value is -3.00. The average Bonchev–Trinajstić information content (AvgIpc) is 2.83. The number of benzene rings is 3. The molecule has 1 unspecified atom stereocenters. The second-order valence-corrected chi connectivity index (χ2v) is 10.8. The van der Waals surface area contributed by atoms with E-state index in [2.05, 4.69) is 5.32 Å². The van der Waals surface area contributed by atoms with Crippen molar-refractivity contribution in [2.75, 3.05) is 13.1 Å². The summed E-state index contributed by atoms with van der Waals surface area (Å²) in [5.74, 6) is -0.964. The van der Waals surface area contributed by atoms with Gasteiger partial charge >= 0.3 is 0 Å². The number of piperidine rings is 1. The maximum atomic E-state index is 13.5. The minimum atomic E-state index is -3.83. The molecule has 2 N–H and O–H groups in total. The number of hydrogen-bond acceptors (Lipinski definition) is 4. The molecule has 1 aliphatic heterocycles. The van der Waals surface area contributed by atoms with E-state index in [1.165, 1.54) is 11.2 Å². The number of sulfonamides is 1. The summed E-state index contributed by atoms with van der Waals surface area (Å²) in [6, 6.07) is 25.4. The van der Waals surface area contributed by atoms with Crippen LogP contribution in [-0.2, 0) is 14.8 Å². The van der Waals surface area contributed by atoms with Crippen molar-refractivity contribution in [1.29, 1.82) is 0 Å². The lowest BCUT2D eigenvalue weighted by Crippen LogP contribution is -2.53. The van der Waals surface area contributed by atoms with Gasteiger partial charge in [-0.25, -0.2) is 8.42 Å². The Bertz CT molecular complexity index is 1210. The molecule has 0 aliphatic carbocycles. The van der Waals surface area contributed by atoms with E-state index in [0.29, 0.717) is 0 Å². The second-order valence-electron chi connectivity index (χ2n) is 8.89. The van der Waals surface area contributed by atoms with Crippen molar-refractivity contribution in [2.24, 2.45) is 5.92 Å². The normalized spacial score (nSPS) is 22.1. The lowest BCUT2D eigenvalue weighted by atomic mass is 9.74. The van der Waals surface area contributed by atoms with Gasteiger partial charge < -0.3 is 10.4 Å². The Balaban J connectivity index is 1.79. The molecule has 0 radical (unpaired) electrons. The van der Waals surface area contributed by atoms with Crippen LogP contribution in [0.25, 0.3) is 0 Å². The molecule has 3 aromatic carbocycles. The number of aryl methyl sites for hydroxylation is 1. The van der Waals surface area contributed by atoms with Crippen molar-refractivity contribution < 1.29 is 18.3 Å². The Morgan fingerprint density at radius 1 is 0.941 bits per heavy atom. The highest BCUT2D eigenvalue weighted by Gasteiger charge is 2.45. The fraction of sp³-hybridized carbons (Fsp3) is 0.296. The first-order valence-electron chi connectivity index (χ1n) is 11.4. The third-order valence-electron chi connectivity index (χ3n) is 6.47. The van der Waals surface area contributed by atoms with Crippen LogP contribution < -0.4 is 5.32 Å². The van der Waals surface area contributed by atoms with E-state index in [1.807, 2.05) is 67.6 Å². The Morgan fingerprint density at radius 2 is 1.53 bits per heavy atom. The summed E-state index contributed by atoms with van der Waals surface area (Å²) < 4.78 is 28.4. The van der Waals surface area contributed by atoms with E-state index in [9.17, 15) is 18.3 Å². The number of amides is 1. The zero-order valence-electron chi connectivity index (χ0n) is 19.3. The van der Waals surface area contributed by atoms with E-state index in [4.69, 9.17) is 0 Å². The first kappa shape index (κ1) is 24.1. The van der Waals surface area contributed by atoms with E-state index in [1.54, 1.807) is 24.3 Å². The average molecular weight is 479 g/mol. The van der Waals surface area contributed by atoms with Crippen molar-refractivity contribution in [3.05, 3.63) is 102 Å². The molecule has 178 valence electrons. The van der Waals surface area contributed by atoms with Gasteiger partial charge in [0.2, 0.25) is 15.9 Å². The monoisotopic (exact) mass is 478 g/mol.